The Morgan fingerprint density at radius 3 is 1.70 bits per heavy atom. The third kappa shape index (κ3) is 11.5. The number of unbranched alkanes of at least 4 members (excludes halogenated alkanes) is 4. The average molecular weight is 329 g/mol. The van der Waals surface area contributed by atoms with E-state index in [2.05, 4.69) is 12.2 Å². The summed E-state index contributed by atoms with van der Waals surface area (Å²) in [5.41, 5.74) is 16.9. The highest BCUT2D eigenvalue weighted by Crippen LogP contribution is 2.25. The second-order valence-electron chi connectivity index (χ2n) is 6.67. The normalized spacial score (nSPS) is 11.7. The number of carbonyl (C=O) groups excluding carboxylic acids is 1. The highest BCUT2D eigenvalue weighted by atomic mass is 16.1. The SMILES string of the molecule is CCCCCCCC(=O)NC(CCCN)(CCCN)CCCN. The first-order chi connectivity index (χ1) is 11.1. The molecule has 0 aliphatic rings. The van der Waals surface area contributed by atoms with Crippen LogP contribution in [0.3, 0.4) is 0 Å². The van der Waals surface area contributed by atoms with E-state index in [4.69, 9.17) is 17.2 Å². The van der Waals surface area contributed by atoms with Gasteiger partial charge in [-0.25, -0.2) is 0 Å². The molecule has 0 saturated heterocycles. The van der Waals surface area contributed by atoms with Crippen LogP contribution in [0.4, 0.5) is 0 Å². The van der Waals surface area contributed by atoms with Crippen molar-refractivity contribution in [1.29, 1.82) is 0 Å². The molecule has 23 heavy (non-hydrogen) atoms. The third-order valence-electron chi connectivity index (χ3n) is 4.49. The Morgan fingerprint density at radius 1 is 0.783 bits per heavy atom. The Hall–Kier alpha value is -0.650. The van der Waals surface area contributed by atoms with Gasteiger partial charge in [-0.15, -0.1) is 0 Å². The van der Waals surface area contributed by atoms with Crippen molar-refractivity contribution in [3.63, 3.8) is 0 Å². The van der Waals surface area contributed by atoms with Crippen LogP contribution >= 0.6 is 0 Å². The van der Waals surface area contributed by atoms with Crippen LogP contribution in [0, 0.1) is 0 Å². The van der Waals surface area contributed by atoms with Crippen LogP contribution in [0.2, 0.25) is 0 Å². The zero-order valence-corrected chi connectivity index (χ0v) is 15.2. The number of rotatable bonds is 16. The molecule has 0 aliphatic carbocycles. The lowest BCUT2D eigenvalue weighted by Crippen LogP contribution is -2.49. The summed E-state index contributed by atoms with van der Waals surface area (Å²) in [7, 11) is 0. The Bertz CT molecular complexity index is 262. The molecular formula is C18H40N4O. The van der Waals surface area contributed by atoms with Crippen LogP contribution in [0.5, 0.6) is 0 Å². The standard InChI is InChI=1S/C18H40N4O/c1-2-3-4-5-6-10-17(23)22-18(11-7-14-19,12-8-15-20)13-9-16-21/h2-16,19-21H2,1H3,(H,22,23). The van der Waals surface area contributed by atoms with Crippen molar-refractivity contribution in [2.75, 3.05) is 19.6 Å². The molecule has 0 bridgehead atoms. The summed E-state index contributed by atoms with van der Waals surface area (Å²) < 4.78 is 0. The molecule has 0 atom stereocenters. The van der Waals surface area contributed by atoms with Gasteiger partial charge in [0.25, 0.3) is 0 Å². The molecule has 0 aromatic rings. The number of nitrogens with two attached hydrogens (primary N) is 3. The van der Waals surface area contributed by atoms with Gasteiger partial charge in [0.1, 0.15) is 0 Å². The molecule has 0 aromatic carbocycles. The maximum atomic E-state index is 12.4. The number of amides is 1. The maximum absolute atomic E-state index is 12.4. The summed E-state index contributed by atoms with van der Waals surface area (Å²) in [6.07, 6.45) is 12.0. The lowest BCUT2D eigenvalue weighted by atomic mass is 9.83. The fourth-order valence-corrected chi connectivity index (χ4v) is 3.13. The van der Waals surface area contributed by atoms with Crippen LogP contribution in [0.25, 0.3) is 0 Å². The molecule has 0 unspecified atom stereocenters. The summed E-state index contributed by atoms with van der Waals surface area (Å²) in [6, 6.07) is 0. The fourth-order valence-electron chi connectivity index (χ4n) is 3.13. The zero-order valence-electron chi connectivity index (χ0n) is 15.2. The molecular weight excluding hydrogens is 288 g/mol. The summed E-state index contributed by atoms with van der Waals surface area (Å²) in [5, 5.41) is 3.32. The predicted molar refractivity (Wildman–Crippen MR) is 99.1 cm³/mol. The van der Waals surface area contributed by atoms with E-state index in [1.54, 1.807) is 0 Å². The van der Waals surface area contributed by atoms with Crippen LogP contribution in [0.15, 0.2) is 0 Å². The molecule has 0 heterocycles. The molecule has 5 nitrogen and oxygen atoms in total. The minimum absolute atomic E-state index is 0.168. The fraction of sp³-hybridized carbons (Fsp3) is 0.944. The summed E-state index contributed by atoms with van der Waals surface area (Å²) >= 11 is 0. The highest BCUT2D eigenvalue weighted by Gasteiger charge is 2.29. The lowest BCUT2D eigenvalue weighted by Gasteiger charge is -2.35. The number of hydrogen-bond donors (Lipinski definition) is 4. The van der Waals surface area contributed by atoms with Gasteiger partial charge in [-0.2, -0.15) is 0 Å². The van der Waals surface area contributed by atoms with Crippen molar-refractivity contribution < 1.29 is 4.79 Å². The second-order valence-corrected chi connectivity index (χ2v) is 6.67. The van der Waals surface area contributed by atoms with Crippen molar-refractivity contribution >= 4 is 5.91 Å². The van der Waals surface area contributed by atoms with Crippen molar-refractivity contribution in [2.24, 2.45) is 17.2 Å². The van der Waals surface area contributed by atoms with E-state index in [0.717, 1.165) is 51.4 Å². The molecule has 138 valence electrons. The molecule has 0 rings (SSSR count). The molecule has 0 radical (unpaired) electrons. The quantitative estimate of drug-likeness (QED) is 0.326. The zero-order chi connectivity index (χ0) is 17.4. The minimum Gasteiger partial charge on any atom is -0.351 e. The lowest BCUT2D eigenvalue weighted by molar-refractivity contribution is -0.123. The topological polar surface area (TPSA) is 107 Å². The van der Waals surface area contributed by atoms with Crippen molar-refractivity contribution in [3.8, 4) is 0 Å². The monoisotopic (exact) mass is 328 g/mol. The Kier molecular flexibility index (Phi) is 14.5. The number of nitrogens with one attached hydrogen (secondary N) is 1. The smallest absolute Gasteiger partial charge is 0.220 e. The van der Waals surface area contributed by atoms with Gasteiger partial charge in [0.15, 0.2) is 0 Å². The van der Waals surface area contributed by atoms with Gasteiger partial charge in [0.2, 0.25) is 5.91 Å². The first kappa shape index (κ1) is 22.4. The van der Waals surface area contributed by atoms with Gasteiger partial charge in [-0.05, 0) is 64.6 Å². The first-order valence-corrected chi connectivity index (χ1v) is 9.55. The summed E-state index contributed by atoms with van der Waals surface area (Å²) in [4.78, 5) is 12.4. The summed E-state index contributed by atoms with van der Waals surface area (Å²) in [5.74, 6) is 0.174. The molecule has 0 aliphatic heterocycles. The van der Waals surface area contributed by atoms with Crippen LogP contribution in [0.1, 0.15) is 84.0 Å². The molecule has 0 spiro atoms. The van der Waals surface area contributed by atoms with Crippen LogP contribution < -0.4 is 22.5 Å². The summed E-state index contributed by atoms with van der Waals surface area (Å²) in [6.45, 7) is 4.16. The average Bonchev–Trinajstić information content (AvgIpc) is 2.56. The van der Waals surface area contributed by atoms with Crippen molar-refractivity contribution in [1.82, 2.24) is 5.32 Å². The van der Waals surface area contributed by atoms with E-state index in [0.29, 0.717) is 26.1 Å². The first-order valence-electron chi connectivity index (χ1n) is 9.55. The minimum atomic E-state index is -0.168. The maximum Gasteiger partial charge on any atom is 0.220 e. The Labute approximate surface area is 143 Å². The van der Waals surface area contributed by atoms with Gasteiger partial charge >= 0.3 is 0 Å². The van der Waals surface area contributed by atoms with Gasteiger partial charge in [0, 0.05) is 12.0 Å². The second kappa shape index (κ2) is 14.9. The van der Waals surface area contributed by atoms with E-state index < -0.39 is 0 Å². The molecule has 0 saturated carbocycles. The van der Waals surface area contributed by atoms with E-state index in [-0.39, 0.29) is 11.4 Å². The van der Waals surface area contributed by atoms with E-state index in [1.807, 2.05) is 0 Å². The van der Waals surface area contributed by atoms with Gasteiger partial charge < -0.3 is 22.5 Å². The molecule has 0 aromatic heterocycles. The van der Waals surface area contributed by atoms with Gasteiger partial charge in [-0.3, -0.25) is 4.79 Å². The Morgan fingerprint density at radius 2 is 1.26 bits per heavy atom. The predicted octanol–water partition coefficient (Wildman–Crippen LogP) is 2.42. The van der Waals surface area contributed by atoms with Gasteiger partial charge in [-0.1, -0.05) is 32.6 Å². The third-order valence-corrected chi connectivity index (χ3v) is 4.49. The van der Waals surface area contributed by atoms with Crippen LogP contribution in [-0.2, 0) is 4.79 Å². The van der Waals surface area contributed by atoms with Crippen molar-refractivity contribution in [3.05, 3.63) is 0 Å². The van der Waals surface area contributed by atoms with Gasteiger partial charge in [0.05, 0.1) is 0 Å². The Balaban J connectivity index is 4.51. The van der Waals surface area contributed by atoms with E-state index in [1.165, 1.54) is 19.3 Å². The highest BCUT2D eigenvalue weighted by molar-refractivity contribution is 5.76. The van der Waals surface area contributed by atoms with E-state index in [9.17, 15) is 4.79 Å². The number of hydrogen-bond acceptors (Lipinski definition) is 4. The molecule has 1 amide bonds. The molecule has 5 heteroatoms. The van der Waals surface area contributed by atoms with E-state index >= 15 is 0 Å². The van der Waals surface area contributed by atoms with Crippen molar-refractivity contribution in [2.45, 2.75) is 89.5 Å². The largest absolute Gasteiger partial charge is 0.351 e. The number of carbonyl (C=O) groups is 1. The molecule has 0 fully saturated rings. The van der Waals surface area contributed by atoms with Crippen LogP contribution in [-0.4, -0.2) is 31.1 Å². The molecule has 7 N–H and O–H groups in total.